The minimum atomic E-state index is 0. The molecule has 0 aromatic carbocycles. The van der Waals surface area contributed by atoms with Gasteiger partial charge in [-0.1, -0.05) is 0 Å². The minimum absolute atomic E-state index is 0. The summed E-state index contributed by atoms with van der Waals surface area (Å²) in [6, 6.07) is 0. The van der Waals surface area contributed by atoms with E-state index in [1.807, 2.05) is 0 Å². The Morgan fingerprint density at radius 1 is 1.20 bits per heavy atom. The molecule has 0 spiro atoms. The maximum absolute atomic E-state index is 4.45. The third-order valence-corrected chi connectivity index (χ3v) is 0. The SMILES string of the molecule is ClBr.[Mn].[NH2-].[PbH2]. The van der Waals surface area contributed by atoms with Crippen LogP contribution in [0, 0.1) is 0 Å². The molecule has 35 valence electrons. The molecule has 5 heavy (non-hydrogen) atoms. The molecular formula is H4BrClMnNPb-. The number of nitrogens with two attached hydrogens (primary N) is 1. The molecule has 0 aliphatic rings. The fourth-order valence-corrected chi connectivity index (χ4v) is 0. The van der Waals surface area contributed by atoms with Gasteiger partial charge in [-0.05, 0) is 10.1 Å². The van der Waals surface area contributed by atoms with Gasteiger partial charge in [-0.3, -0.25) is 0 Å². The quantitative estimate of drug-likeness (QED) is 0.555. The van der Waals surface area contributed by atoms with Crippen LogP contribution in [-0.4, -0.2) is 27.3 Å². The van der Waals surface area contributed by atoms with E-state index in [1.165, 1.54) is 0 Å². The average molecular weight is 396 g/mol. The van der Waals surface area contributed by atoms with Gasteiger partial charge in [-0.2, -0.15) is 0 Å². The van der Waals surface area contributed by atoms with E-state index >= 15 is 0 Å². The van der Waals surface area contributed by atoms with Crippen LogP contribution in [-0.2, 0) is 17.1 Å². The van der Waals surface area contributed by atoms with Crippen molar-refractivity contribution in [1.29, 1.82) is 0 Å². The van der Waals surface area contributed by atoms with E-state index < -0.39 is 0 Å². The summed E-state index contributed by atoms with van der Waals surface area (Å²) in [4.78, 5) is 0. The Morgan fingerprint density at radius 2 is 1.20 bits per heavy atom. The van der Waals surface area contributed by atoms with Crippen molar-refractivity contribution in [3.8, 4) is 0 Å². The summed E-state index contributed by atoms with van der Waals surface area (Å²) in [6.07, 6.45) is 0. The Hall–Kier alpha value is 2.17. The van der Waals surface area contributed by atoms with Gasteiger partial charge in [0.15, 0.2) is 0 Å². The molecule has 0 aromatic rings. The molecular weight excluding hydrogens is 392 g/mol. The Bertz CT molecular complexity index is 11.6. The number of hydrogen-bond acceptors (Lipinski definition) is 0. The zero-order valence-electron chi connectivity index (χ0n) is 2.42. The van der Waals surface area contributed by atoms with Gasteiger partial charge >= 0.3 is 27.3 Å². The summed E-state index contributed by atoms with van der Waals surface area (Å²) in [5, 5.41) is 0. The number of halogens is 2. The van der Waals surface area contributed by atoms with Gasteiger partial charge in [-0.15, -0.1) is 0 Å². The van der Waals surface area contributed by atoms with Crippen LogP contribution in [0.25, 0.3) is 6.15 Å². The molecule has 0 saturated carbocycles. The predicted molar refractivity (Wildman–Crippen MR) is 28.6 cm³/mol. The van der Waals surface area contributed by atoms with E-state index in [-0.39, 0.29) is 50.5 Å². The third-order valence-electron chi connectivity index (χ3n) is 0. The standard InChI is InChI=1S/BrCl.Mn.H2N.Pb.2H/c1-2;;;;;/h;;1H2;;;/q;;-1;;;. The van der Waals surface area contributed by atoms with Crippen LogP contribution < -0.4 is 0 Å². The van der Waals surface area contributed by atoms with Crippen molar-refractivity contribution < 1.29 is 17.1 Å². The average Bonchev–Trinajstić information content (AvgIpc) is 1.00. The van der Waals surface area contributed by atoms with Gasteiger partial charge < -0.3 is 6.15 Å². The summed E-state index contributed by atoms with van der Waals surface area (Å²) >= 11 is 2.41. The van der Waals surface area contributed by atoms with Crippen molar-refractivity contribution in [2.45, 2.75) is 0 Å². The molecule has 0 unspecified atom stereocenters. The molecule has 0 fully saturated rings. The third kappa shape index (κ3) is 22.8. The fourth-order valence-electron chi connectivity index (χ4n) is 0. The monoisotopic (exact) mass is 395 g/mol. The molecule has 0 atom stereocenters. The Labute approximate surface area is 74.8 Å². The maximum atomic E-state index is 4.45. The van der Waals surface area contributed by atoms with Crippen LogP contribution in [0.3, 0.4) is 0 Å². The van der Waals surface area contributed by atoms with E-state index in [0.29, 0.717) is 0 Å². The van der Waals surface area contributed by atoms with Crippen molar-refractivity contribution in [2.24, 2.45) is 0 Å². The second kappa shape index (κ2) is 35.0. The second-order valence-electron chi connectivity index (χ2n) is 0. The van der Waals surface area contributed by atoms with Crippen LogP contribution in [0.5, 0.6) is 0 Å². The van der Waals surface area contributed by atoms with Crippen LogP contribution in [0.15, 0.2) is 0 Å². The van der Waals surface area contributed by atoms with Crippen molar-refractivity contribution in [3.05, 3.63) is 6.15 Å². The zero-order valence-corrected chi connectivity index (χ0v) is 11.4. The fraction of sp³-hybridized carbons (Fsp3) is 0. The van der Waals surface area contributed by atoms with Crippen molar-refractivity contribution in [3.63, 3.8) is 0 Å². The summed E-state index contributed by atoms with van der Waals surface area (Å²) in [5.41, 5.74) is 0. The predicted octanol–water partition coefficient (Wildman–Crippen LogP) is 1.33. The van der Waals surface area contributed by atoms with Gasteiger partial charge in [0.05, 0.1) is 0 Å². The molecule has 3 radical (unpaired) electrons. The topological polar surface area (TPSA) is 33.5 Å². The zero-order chi connectivity index (χ0) is 2.00. The summed E-state index contributed by atoms with van der Waals surface area (Å²) in [6.45, 7) is 0. The normalized spacial score (nSPS) is 1.20. The molecule has 0 aliphatic carbocycles. The van der Waals surface area contributed by atoms with Gasteiger partial charge in [0.1, 0.15) is 0 Å². The summed E-state index contributed by atoms with van der Waals surface area (Å²) in [7, 11) is 4.45. The van der Waals surface area contributed by atoms with Crippen LogP contribution in [0.2, 0.25) is 0 Å². The molecule has 0 aliphatic heterocycles. The molecule has 0 heterocycles. The van der Waals surface area contributed by atoms with Crippen LogP contribution in [0.4, 0.5) is 0 Å². The van der Waals surface area contributed by atoms with Crippen LogP contribution >= 0.6 is 25.1 Å². The molecule has 0 bridgehead atoms. The van der Waals surface area contributed by atoms with Crippen molar-refractivity contribution in [1.82, 2.24) is 0 Å². The molecule has 0 aromatic heterocycles. The molecule has 0 saturated heterocycles. The van der Waals surface area contributed by atoms with Gasteiger partial charge in [0.25, 0.3) is 0 Å². The Morgan fingerprint density at radius 3 is 1.20 bits per heavy atom. The van der Waals surface area contributed by atoms with Crippen molar-refractivity contribution >= 4 is 52.4 Å². The van der Waals surface area contributed by atoms with E-state index in [1.54, 1.807) is 0 Å². The molecule has 1 nitrogen and oxygen atoms in total. The van der Waals surface area contributed by atoms with E-state index in [9.17, 15) is 0 Å². The first-order valence-corrected chi connectivity index (χ1v) is 2.23. The first kappa shape index (κ1) is 27.2. The van der Waals surface area contributed by atoms with Gasteiger partial charge in [-0.25, -0.2) is 0 Å². The first-order chi connectivity index (χ1) is 1.00. The summed E-state index contributed by atoms with van der Waals surface area (Å²) in [5.74, 6) is 0. The number of rotatable bonds is 0. The summed E-state index contributed by atoms with van der Waals surface area (Å²) < 4.78 is 0. The van der Waals surface area contributed by atoms with Crippen molar-refractivity contribution in [2.75, 3.05) is 0 Å². The Kier molecular flexibility index (Phi) is 190. The van der Waals surface area contributed by atoms with Crippen LogP contribution in [0.1, 0.15) is 0 Å². The molecule has 2 N–H and O–H groups in total. The number of hydrogen-bond donors (Lipinski definition) is 0. The molecule has 0 amide bonds. The van der Waals surface area contributed by atoms with Gasteiger partial charge in [0.2, 0.25) is 0 Å². The molecule has 0 rings (SSSR count). The van der Waals surface area contributed by atoms with E-state index in [2.05, 4.69) is 25.1 Å². The van der Waals surface area contributed by atoms with Gasteiger partial charge in [0, 0.05) is 32.1 Å². The second-order valence-corrected chi connectivity index (χ2v) is 0. The Balaban J connectivity index is -0.00000000167. The van der Waals surface area contributed by atoms with E-state index in [4.69, 9.17) is 0 Å². The van der Waals surface area contributed by atoms with E-state index in [0.717, 1.165) is 0 Å². The first-order valence-electron chi connectivity index (χ1n) is 0.143. The molecule has 5 heteroatoms.